The van der Waals surface area contributed by atoms with Gasteiger partial charge in [0.25, 0.3) is 0 Å². The molecule has 2 atom stereocenters. The Balaban J connectivity index is 1.56. The van der Waals surface area contributed by atoms with Crippen LogP contribution in [0.1, 0.15) is 37.3 Å². The van der Waals surface area contributed by atoms with Crippen LogP contribution in [0, 0.1) is 12.8 Å². The van der Waals surface area contributed by atoms with Gasteiger partial charge in [-0.05, 0) is 32.2 Å². The fraction of sp³-hybridized carbons (Fsp3) is 0.474. The first-order chi connectivity index (χ1) is 11.7. The minimum Gasteiger partial charge on any atom is -0.440 e. The number of aromatic nitrogens is 1. The molecule has 1 fully saturated rings. The first-order valence-electron chi connectivity index (χ1n) is 8.68. The summed E-state index contributed by atoms with van der Waals surface area (Å²) < 4.78 is 5.85. The van der Waals surface area contributed by atoms with Crippen LogP contribution in [0.2, 0.25) is 0 Å². The quantitative estimate of drug-likeness (QED) is 0.855. The molecule has 24 heavy (non-hydrogen) atoms. The summed E-state index contributed by atoms with van der Waals surface area (Å²) in [4.78, 5) is 16.6. The van der Waals surface area contributed by atoms with Gasteiger partial charge in [-0.25, -0.2) is 4.98 Å². The lowest BCUT2D eigenvalue weighted by Gasteiger charge is -2.19. The minimum atomic E-state index is 0.0532. The zero-order valence-corrected chi connectivity index (χ0v) is 14.1. The molecule has 5 heteroatoms. The van der Waals surface area contributed by atoms with Gasteiger partial charge in [0, 0.05) is 24.4 Å². The van der Waals surface area contributed by atoms with Crippen molar-refractivity contribution in [3.63, 3.8) is 0 Å². The van der Waals surface area contributed by atoms with Crippen molar-refractivity contribution in [3.8, 4) is 11.3 Å². The Kier molecular flexibility index (Phi) is 5.30. The molecule has 5 nitrogen and oxygen atoms in total. The third kappa shape index (κ3) is 3.85. The van der Waals surface area contributed by atoms with E-state index in [4.69, 9.17) is 10.2 Å². The Labute approximate surface area is 142 Å². The maximum Gasteiger partial charge on any atom is 0.220 e. The highest BCUT2D eigenvalue weighted by molar-refractivity contribution is 5.76. The van der Waals surface area contributed by atoms with E-state index in [0.717, 1.165) is 36.3 Å². The zero-order valence-electron chi connectivity index (χ0n) is 14.1. The number of oxazole rings is 1. The summed E-state index contributed by atoms with van der Waals surface area (Å²) in [5.41, 5.74) is 7.63. The number of carbonyl (C=O) groups is 1. The first-order valence-corrected chi connectivity index (χ1v) is 8.68. The average Bonchev–Trinajstić information content (AvgIpc) is 3.20. The van der Waals surface area contributed by atoms with Gasteiger partial charge in [0.1, 0.15) is 0 Å². The Morgan fingerprint density at radius 2 is 2.12 bits per heavy atom. The fourth-order valence-corrected chi connectivity index (χ4v) is 3.42. The van der Waals surface area contributed by atoms with Crippen LogP contribution in [0.4, 0.5) is 0 Å². The van der Waals surface area contributed by atoms with E-state index in [-0.39, 0.29) is 11.9 Å². The molecule has 1 heterocycles. The molecule has 3 N–H and O–H groups in total. The van der Waals surface area contributed by atoms with Crippen molar-refractivity contribution in [3.05, 3.63) is 41.9 Å². The zero-order chi connectivity index (χ0) is 16.9. The highest BCUT2D eigenvalue weighted by Gasteiger charge is 2.27. The van der Waals surface area contributed by atoms with Gasteiger partial charge >= 0.3 is 0 Å². The van der Waals surface area contributed by atoms with Crippen molar-refractivity contribution in [1.82, 2.24) is 10.3 Å². The van der Waals surface area contributed by atoms with Crippen molar-refractivity contribution >= 4 is 5.91 Å². The van der Waals surface area contributed by atoms with Crippen molar-refractivity contribution < 1.29 is 9.21 Å². The topological polar surface area (TPSA) is 81.2 Å². The smallest absolute Gasteiger partial charge is 0.220 e. The molecule has 1 aliphatic carbocycles. The molecule has 128 valence electrons. The van der Waals surface area contributed by atoms with E-state index < -0.39 is 0 Å². The van der Waals surface area contributed by atoms with Crippen molar-refractivity contribution in [2.45, 2.75) is 45.1 Å². The van der Waals surface area contributed by atoms with E-state index in [1.807, 2.05) is 37.3 Å². The number of aryl methyl sites for hydroxylation is 2. The monoisotopic (exact) mass is 327 g/mol. The van der Waals surface area contributed by atoms with Crippen LogP contribution in [0.25, 0.3) is 11.3 Å². The second-order valence-electron chi connectivity index (χ2n) is 6.49. The van der Waals surface area contributed by atoms with E-state index in [1.165, 1.54) is 0 Å². The molecule has 1 amide bonds. The maximum absolute atomic E-state index is 12.2. The van der Waals surface area contributed by atoms with E-state index in [9.17, 15) is 4.79 Å². The van der Waals surface area contributed by atoms with Gasteiger partial charge < -0.3 is 15.5 Å². The van der Waals surface area contributed by atoms with Gasteiger partial charge in [0.2, 0.25) is 5.91 Å². The minimum absolute atomic E-state index is 0.0532. The number of hydrogen-bond donors (Lipinski definition) is 2. The van der Waals surface area contributed by atoms with Gasteiger partial charge in [-0.15, -0.1) is 0 Å². The highest BCUT2D eigenvalue weighted by Crippen LogP contribution is 2.26. The van der Waals surface area contributed by atoms with Crippen molar-refractivity contribution in [2.75, 3.05) is 6.54 Å². The Morgan fingerprint density at radius 3 is 2.88 bits per heavy atom. The predicted molar refractivity (Wildman–Crippen MR) is 93.3 cm³/mol. The Morgan fingerprint density at radius 1 is 1.33 bits per heavy atom. The number of benzene rings is 1. The molecular formula is C19H25N3O2. The normalized spacial score (nSPS) is 20.2. The summed E-state index contributed by atoms with van der Waals surface area (Å²) in [5.74, 6) is 1.87. The largest absolute Gasteiger partial charge is 0.440 e. The summed E-state index contributed by atoms with van der Waals surface area (Å²) in [6.07, 6.45) is 4.19. The van der Waals surface area contributed by atoms with Crippen LogP contribution in [-0.2, 0) is 11.2 Å². The fourth-order valence-electron chi connectivity index (χ4n) is 3.42. The van der Waals surface area contributed by atoms with Crippen molar-refractivity contribution in [1.29, 1.82) is 0 Å². The van der Waals surface area contributed by atoms with Gasteiger partial charge in [-0.2, -0.15) is 0 Å². The third-order valence-electron chi connectivity index (χ3n) is 4.75. The van der Waals surface area contributed by atoms with Crippen LogP contribution in [0.15, 0.2) is 34.7 Å². The molecule has 0 radical (unpaired) electrons. The lowest BCUT2D eigenvalue weighted by Crippen LogP contribution is -2.39. The summed E-state index contributed by atoms with van der Waals surface area (Å²) >= 11 is 0. The number of nitrogens with one attached hydrogen (secondary N) is 1. The van der Waals surface area contributed by atoms with E-state index in [2.05, 4.69) is 10.3 Å². The van der Waals surface area contributed by atoms with E-state index in [0.29, 0.717) is 31.2 Å². The molecule has 2 aromatic rings. The molecule has 3 rings (SSSR count). The molecule has 1 saturated carbocycles. The van der Waals surface area contributed by atoms with Crippen LogP contribution in [-0.4, -0.2) is 23.5 Å². The second-order valence-corrected chi connectivity index (χ2v) is 6.49. The number of nitrogens with two attached hydrogens (primary N) is 1. The molecule has 0 aliphatic heterocycles. The van der Waals surface area contributed by atoms with Gasteiger partial charge in [-0.3, -0.25) is 4.79 Å². The summed E-state index contributed by atoms with van der Waals surface area (Å²) in [6.45, 7) is 2.57. The number of rotatable bonds is 6. The van der Waals surface area contributed by atoms with E-state index >= 15 is 0 Å². The molecule has 0 saturated heterocycles. The molecule has 0 bridgehead atoms. The number of hydrogen-bond acceptors (Lipinski definition) is 4. The van der Waals surface area contributed by atoms with Crippen LogP contribution >= 0.6 is 0 Å². The Hall–Kier alpha value is -2.14. The summed E-state index contributed by atoms with van der Waals surface area (Å²) in [7, 11) is 0. The van der Waals surface area contributed by atoms with Crippen LogP contribution in [0.3, 0.4) is 0 Å². The first kappa shape index (κ1) is 16.7. The Bertz CT molecular complexity index is 681. The van der Waals surface area contributed by atoms with E-state index in [1.54, 1.807) is 0 Å². The molecule has 2 unspecified atom stereocenters. The molecule has 1 aromatic carbocycles. The average molecular weight is 327 g/mol. The second kappa shape index (κ2) is 7.62. The van der Waals surface area contributed by atoms with Crippen LogP contribution < -0.4 is 11.1 Å². The predicted octanol–water partition coefficient (Wildman–Crippen LogP) is 2.83. The number of nitrogens with zero attached hydrogens (tertiary/aromatic N) is 1. The molecule has 1 aliphatic rings. The lowest BCUT2D eigenvalue weighted by atomic mass is 10.0. The summed E-state index contributed by atoms with van der Waals surface area (Å²) in [6, 6.07) is 10.1. The third-order valence-corrected chi connectivity index (χ3v) is 4.75. The molecule has 0 spiro atoms. The van der Waals surface area contributed by atoms with Gasteiger partial charge in [-0.1, -0.05) is 36.8 Å². The van der Waals surface area contributed by atoms with Crippen LogP contribution in [0.5, 0.6) is 0 Å². The molecule has 1 aromatic heterocycles. The van der Waals surface area contributed by atoms with Gasteiger partial charge in [0.15, 0.2) is 11.7 Å². The molecular weight excluding hydrogens is 302 g/mol. The highest BCUT2D eigenvalue weighted by atomic mass is 16.4. The van der Waals surface area contributed by atoms with Gasteiger partial charge in [0.05, 0.1) is 5.69 Å². The summed E-state index contributed by atoms with van der Waals surface area (Å²) in [5, 5.41) is 3.11. The van der Waals surface area contributed by atoms with Crippen molar-refractivity contribution in [2.24, 2.45) is 11.7 Å². The standard InChI is InChI=1S/C19H25N3O2/c1-13-19(14-6-3-2-4-7-14)24-18(21-13)11-10-17(23)22-16-9-5-8-15(16)12-20/h2-4,6-7,15-16H,5,8-12,20H2,1H3,(H,22,23). The number of amides is 1. The number of carbonyl (C=O) groups excluding carboxylic acids is 1. The lowest BCUT2D eigenvalue weighted by molar-refractivity contribution is -0.122. The maximum atomic E-state index is 12.2. The SMILES string of the molecule is Cc1nc(CCC(=O)NC2CCCC2CN)oc1-c1ccccc1.